The third-order valence-electron chi connectivity index (χ3n) is 4.46. The molecule has 1 aliphatic rings. The van der Waals surface area contributed by atoms with E-state index in [-0.39, 0.29) is 18.2 Å². The Bertz CT molecular complexity index is 815. The number of thiazole rings is 1. The summed E-state index contributed by atoms with van der Waals surface area (Å²) >= 11 is 1.31. The quantitative estimate of drug-likeness (QED) is 0.822. The molecule has 1 aliphatic heterocycles. The van der Waals surface area contributed by atoms with E-state index < -0.39 is 0 Å². The van der Waals surface area contributed by atoms with Crippen molar-refractivity contribution in [1.82, 2.24) is 9.88 Å². The maximum Gasteiger partial charge on any atom is 0.257 e. The van der Waals surface area contributed by atoms with Gasteiger partial charge in [-0.2, -0.15) is 0 Å². The molecule has 1 fully saturated rings. The Morgan fingerprint density at radius 2 is 1.89 bits per heavy atom. The van der Waals surface area contributed by atoms with Crippen molar-refractivity contribution >= 4 is 28.3 Å². The van der Waals surface area contributed by atoms with Gasteiger partial charge in [-0.25, -0.2) is 4.98 Å². The van der Waals surface area contributed by atoms with Crippen molar-refractivity contribution in [2.75, 3.05) is 32.6 Å². The predicted octanol–water partition coefficient (Wildman–Crippen LogP) is 2.97. The van der Waals surface area contributed by atoms with E-state index in [1.807, 2.05) is 10.3 Å². The van der Waals surface area contributed by atoms with Crippen LogP contribution in [0.3, 0.4) is 0 Å². The number of methoxy groups -OCH3 is 2. The highest BCUT2D eigenvalue weighted by Crippen LogP contribution is 2.28. The SMILES string of the molecule is COc1ccc(C(=O)Nc2nc(CC(=O)N3CCCCC3)cs2)cc1OC. The first-order valence-electron chi connectivity index (χ1n) is 8.86. The van der Waals surface area contributed by atoms with Crippen LogP contribution >= 0.6 is 11.3 Å². The van der Waals surface area contributed by atoms with E-state index >= 15 is 0 Å². The molecule has 1 saturated heterocycles. The van der Waals surface area contributed by atoms with Crippen molar-refractivity contribution < 1.29 is 19.1 Å². The first kappa shape index (κ1) is 19.2. The van der Waals surface area contributed by atoms with Gasteiger partial charge in [-0.3, -0.25) is 14.9 Å². The molecule has 3 rings (SSSR count). The van der Waals surface area contributed by atoms with Crippen molar-refractivity contribution in [2.24, 2.45) is 0 Å². The largest absolute Gasteiger partial charge is 0.493 e. The second-order valence-electron chi connectivity index (χ2n) is 6.29. The molecule has 0 saturated carbocycles. The van der Waals surface area contributed by atoms with Gasteiger partial charge < -0.3 is 14.4 Å². The Balaban J connectivity index is 1.61. The summed E-state index contributed by atoms with van der Waals surface area (Å²) < 4.78 is 10.4. The Labute approximate surface area is 162 Å². The number of piperidine rings is 1. The van der Waals surface area contributed by atoms with Gasteiger partial charge in [0.2, 0.25) is 5.91 Å². The van der Waals surface area contributed by atoms with Crippen LogP contribution in [0.15, 0.2) is 23.6 Å². The number of hydrogen-bond donors (Lipinski definition) is 1. The van der Waals surface area contributed by atoms with E-state index in [1.165, 1.54) is 24.9 Å². The molecule has 2 aromatic rings. The normalized spacial score (nSPS) is 13.9. The summed E-state index contributed by atoms with van der Waals surface area (Å²) in [6.45, 7) is 1.65. The zero-order chi connectivity index (χ0) is 19.2. The second-order valence-corrected chi connectivity index (χ2v) is 7.14. The smallest absolute Gasteiger partial charge is 0.257 e. The number of carbonyl (C=O) groups excluding carboxylic acids is 2. The van der Waals surface area contributed by atoms with Crippen LogP contribution in [0.1, 0.15) is 35.3 Å². The fourth-order valence-corrected chi connectivity index (χ4v) is 3.71. The molecule has 7 nitrogen and oxygen atoms in total. The minimum atomic E-state index is -0.292. The monoisotopic (exact) mass is 389 g/mol. The van der Waals surface area contributed by atoms with Crippen LogP contribution in [-0.4, -0.2) is 49.0 Å². The molecule has 0 bridgehead atoms. The van der Waals surface area contributed by atoms with Gasteiger partial charge in [0, 0.05) is 24.0 Å². The summed E-state index contributed by atoms with van der Waals surface area (Å²) in [4.78, 5) is 31.0. The lowest BCUT2D eigenvalue weighted by atomic mass is 10.1. The first-order valence-corrected chi connectivity index (χ1v) is 9.74. The lowest BCUT2D eigenvalue weighted by Crippen LogP contribution is -2.36. The number of benzene rings is 1. The molecule has 0 aliphatic carbocycles. The van der Waals surface area contributed by atoms with E-state index in [0.717, 1.165) is 25.9 Å². The first-order chi connectivity index (χ1) is 13.1. The number of nitrogens with zero attached hydrogens (tertiary/aromatic N) is 2. The van der Waals surface area contributed by atoms with Crippen molar-refractivity contribution in [2.45, 2.75) is 25.7 Å². The average molecular weight is 389 g/mol. The number of likely N-dealkylation sites (tertiary alicyclic amines) is 1. The number of carbonyl (C=O) groups is 2. The van der Waals surface area contributed by atoms with Gasteiger partial charge in [-0.1, -0.05) is 0 Å². The minimum Gasteiger partial charge on any atom is -0.493 e. The summed E-state index contributed by atoms with van der Waals surface area (Å²) in [5, 5.41) is 5.05. The van der Waals surface area contributed by atoms with Gasteiger partial charge in [-0.05, 0) is 37.5 Å². The zero-order valence-corrected chi connectivity index (χ0v) is 16.3. The third kappa shape index (κ3) is 4.77. The Hall–Kier alpha value is -2.61. The van der Waals surface area contributed by atoms with E-state index in [4.69, 9.17) is 9.47 Å². The van der Waals surface area contributed by atoms with E-state index in [0.29, 0.717) is 27.9 Å². The third-order valence-corrected chi connectivity index (χ3v) is 5.27. The zero-order valence-electron chi connectivity index (χ0n) is 15.5. The molecule has 1 N–H and O–H groups in total. The lowest BCUT2D eigenvalue weighted by Gasteiger charge is -2.26. The fourth-order valence-electron chi connectivity index (χ4n) is 3.00. The molecule has 1 aromatic heterocycles. The summed E-state index contributed by atoms with van der Waals surface area (Å²) in [5.41, 5.74) is 1.12. The maximum atomic E-state index is 12.4. The Morgan fingerprint density at radius 3 is 2.59 bits per heavy atom. The van der Waals surface area contributed by atoms with Crippen LogP contribution in [0, 0.1) is 0 Å². The number of ether oxygens (including phenoxy) is 2. The number of nitrogens with one attached hydrogen (secondary N) is 1. The molecular formula is C19H23N3O4S. The van der Waals surface area contributed by atoms with Gasteiger partial charge in [0.25, 0.3) is 5.91 Å². The molecule has 1 aromatic carbocycles. The molecule has 8 heteroatoms. The van der Waals surface area contributed by atoms with Gasteiger partial charge in [-0.15, -0.1) is 11.3 Å². The summed E-state index contributed by atoms with van der Waals surface area (Å²) in [5.74, 6) is 0.843. The highest BCUT2D eigenvalue weighted by molar-refractivity contribution is 7.14. The predicted molar refractivity (Wildman–Crippen MR) is 104 cm³/mol. The van der Waals surface area contributed by atoms with Crippen molar-refractivity contribution in [3.05, 3.63) is 34.8 Å². The maximum absolute atomic E-state index is 12.4. The molecule has 0 spiro atoms. The summed E-state index contributed by atoms with van der Waals surface area (Å²) in [6, 6.07) is 4.95. The summed E-state index contributed by atoms with van der Waals surface area (Å²) in [7, 11) is 3.06. The molecule has 0 unspecified atom stereocenters. The Kier molecular flexibility index (Phi) is 6.28. The lowest BCUT2D eigenvalue weighted by molar-refractivity contribution is -0.131. The average Bonchev–Trinajstić information content (AvgIpc) is 3.14. The van der Waals surface area contributed by atoms with Crippen molar-refractivity contribution in [1.29, 1.82) is 0 Å². The topological polar surface area (TPSA) is 80.8 Å². The van der Waals surface area contributed by atoms with Crippen molar-refractivity contribution in [3.8, 4) is 11.5 Å². The molecule has 144 valence electrons. The number of aromatic nitrogens is 1. The Morgan fingerprint density at radius 1 is 1.15 bits per heavy atom. The molecule has 0 radical (unpaired) electrons. The fraction of sp³-hybridized carbons (Fsp3) is 0.421. The number of anilines is 1. The number of rotatable bonds is 6. The highest BCUT2D eigenvalue weighted by atomic mass is 32.1. The van der Waals surface area contributed by atoms with Gasteiger partial charge in [0.1, 0.15) is 0 Å². The van der Waals surface area contributed by atoms with Crippen molar-refractivity contribution in [3.63, 3.8) is 0 Å². The van der Waals surface area contributed by atoms with Gasteiger partial charge in [0.05, 0.1) is 26.3 Å². The highest BCUT2D eigenvalue weighted by Gasteiger charge is 2.18. The molecule has 27 heavy (non-hydrogen) atoms. The molecular weight excluding hydrogens is 366 g/mol. The van der Waals surface area contributed by atoms with E-state index in [1.54, 1.807) is 25.3 Å². The molecule has 2 heterocycles. The van der Waals surface area contributed by atoms with Crippen LogP contribution in [0.5, 0.6) is 11.5 Å². The molecule has 0 atom stereocenters. The standard InChI is InChI=1S/C19H23N3O4S/c1-25-15-7-6-13(10-16(15)26-2)18(24)21-19-20-14(12-27-19)11-17(23)22-8-4-3-5-9-22/h6-7,10,12H,3-5,8-9,11H2,1-2H3,(H,20,21,24). The number of hydrogen-bond acceptors (Lipinski definition) is 6. The second kappa shape index (κ2) is 8.85. The van der Waals surface area contributed by atoms with Crippen LogP contribution in [0.4, 0.5) is 5.13 Å². The van der Waals surface area contributed by atoms with Crippen LogP contribution in [-0.2, 0) is 11.2 Å². The van der Waals surface area contributed by atoms with E-state index in [2.05, 4.69) is 10.3 Å². The minimum absolute atomic E-state index is 0.0952. The van der Waals surface area contributed by atoms with E-state index in [9.17, 15) is 9.59 Å². The van der Waals surface area contributed by atoms with Crippen LogP contribution in [0.25, 0.3) is 0 Å². The van der Waals surface area contributed by atoms with Gasteiger partial charge >= 0.3 is 0 Å². The van der Waals surface area contributed by atoms with Gasteiger partial charge in [0.15, 0.2) is 16.6 Å². The van der Waals surface area contributed by atoms with Crippen LogP contribution in [0.2, 0.25) is 0 Å². The summed E-state index contributed by atoms with van der Waals surface area (Å²) in [6.07, 6.45) is 3.58. The van der Waals surface area contributed by atoms with Crippen LogP contribution < -0.4 is 14.8 Å². The number of amides is 2. The molecule has 2 amide bonds.